The van der Waals surface area contributed by atoms with Crippen LogP contribution in [0.15, 0.2) is 64.7 Å². The molecule has 0 radical (unpaired) electrons. The first-order chi connectivity index (χ1) is 23.4. The van der Waals surface area contributed by atoms with Crippen molar-refractivity contribution in [3.63, 3.8) is 0 Å². The van der Waals surface area contributed by atoms with E-state index >= 15 is 0 Å². The van der Waals surface area contributed by atoms with E-state index in [2.05, 4.69) is 16.9 Å². The Balaban J connectivity index is 2.04. The van der Waals surface area contributed by atoms with Crippen LogP contribution in [0.5, 0.6) is 0 Å². The molecular weight excluding hydrogens is 648 g/mol. The smallest absolute Gasteiger partial charge is 0.339 e. The molecule has 9 unspecified atom stereocenters. The largest absolute Gasteiger partial charge is 0.478 e. The third kappa shape index (κ3) is 10.2. The Hall–Kier alpha value is -3.65. The molecule has 0 saturated carbocycles. The zero-order valence-electron chi connectivity index (χ0n) is 27.8. The molecule has 274 valence electrons. The van der Waals surface area contributed by atoms with E-state index in [1.54, 1.807) is 32.2 Å². The third-order valence-corrected chi connectivity index (χ3v) is 8.01. The lowest BCUT2D eigenvalue weighted by atomic mass is 9.83. The zero-order chi connectivity index (χ0) is 36.2. The second-order valence-electron chi connectivity index (χ2n) is 11.8. The van der Waals surface area contributed by atoms with Crippen molar-refractivity contribution in [1.29, 1.82) is 0 Å². The van der Waals surface area contributed by atoms with E-state index in [0.29, 0.717) is 16.9 Å². The minimum absolute atomic E-state index is 0.0195. The van der Waals surface area contributed by atoms with Crippen LogP contribution < -0.4 is 16.0 Å². The summed E-state index contributed by atoms with van der Waals surface area (Å²) in [5.74, 6) is -3.68. The molecule has 0 aromatic rings. The van der Waals surface area contributed by atoms with Gasteiger partial charge in [-0.1, -0.05) is 18.2 Å². The summed E-state index contributed by atoms with van der Waals surface area (Å²) >= 11 is 0. The SMILES string of the molecule is C=CC1C(OC2OC(CO)C(O)C(O)C2OC(C)C)OC=C(C(=O)OC)C1C=CC1=C[NH+](CCO)CC(C(=O)O)=C1NC(N)=NCCCO. The Morgan fingerprint density at radius 3 is 2.53 bits per heavy atom. The minimum atomic E-state index is -1.48. The number of guanidine groups is 1. The molecule has 0 aliphatic carbocycles. The number of carbonyl (C=O) groups is 2. The summed E-state index contributed by atoms with van der Waals surface area (Å²) in [6.45, 7) is 6.82. The number of carbonyl (C=O) groups excluding carboxylic acids is 1. The summed E-state index contributed by atoms with van der Waals surface area (Å²) < 4.78 is 28.6. The average molecular weight is 698 g/mol. The first-order valence-electron chi connectivity index (χ1n) is 15.9. The van der Waals surface area contributed by atoms with E-state index < -0.39 is 73.5 Å². The van der Waals surface area contributed by atoms with Gasteiger partial charge in [-0.05, 0) is 20.3 Å². The number of quaternary nitrogens is 1. The topological polar surface area (TPSA) is 257 Å². The molecule has 17 nitrogen and oxygen atoms in total. The zero-order valence-corrected chi connectivity index (χ0v) is 27.8. The number of nitrogens with two attached hydrogens (primary N) is 1. The number of carboxylic acid groups (broad SMARTS) is 1. The van der Waals surface area contributed by atoms with Crippen molar-refractivity contribution in [2.75, 3.05) is 46.6 Å². The van der Waals surface area contributed by atoms with Gasteiger partial charge < -0.3 is 70.3 Å². The van der Waals surface area contributed by atoms with Crippen LogP contribution in [0.25, 0.3) is 0 Å². The quantitative estimate of drug-likeness (QED) is 0.0257. The number of rotatable bonds is 16. The molecule has 3 aliphatic rings. The Labute approximate surface area is 284 Å². The summed E-state index contributed by atoms with van der Waals surface area (Å²) in [7, 11) is 1.20. The second-order valence-corrected chi connectivity index (χ2v) is 11.8. The number of ether oxygens (including phenoxy) is 5. The molecule has 3 rings (SSSR count). The molecule has 1 saturated heterocycles. The fraction of sp³-hybridized carbons (Fsp3) is 0.594. The van der Waals surface area contributed by atoms with Gasteiger partial charge in [0.2, 0.25) is 6.29 Å². The van der Waals surface area contributed by atoms with Crippen molar-refractivity contribution in [2.24, 2.45) is 22.6 Å². The molecule has 10 N–H and O–H groups in total. The van der Waals surface area contributed by atoms with Crippen molar-refractivity contribution < 1.29 is 68.8 Å². The van der Waals surface area contributed by atoms with Crippen LogP contribution in [0.2, 0.25) is 0 Å². The number of nitrogens with zero attached hydrogens (tertiary/aromatic N) is 1. The number of aliphatic hydroxyl groups is 5. The summed E-state index contributed by atoms with van der Waals surface area (Å²) in [5.41, 5.74) is 6.59. The number of esters is 1. The van der Waals surface area contributed by atoms with Crippen LogP contribution in [-0.4, -0.2) is 138 Å². The molecule has 3 aliphatic heterocycles. The molecule has 0 bridgehead atoms. The molecule has 17 heteroatoms. The van der Waals surface area contributed by atoms with E-state index in [1.165, 1.54) is 13.2 Å². The van der Waals surface area contributed by atoms with E-state index in [9.17, 15) is 35.1 Å². The van der Waals surface area contributed by atoms with Gasteiger partial charge in [0.25, 0.3) is 0 Å². The predicted octanol–water partition coefficient (Wildman–Crippen LogP) is -2.98. The van der Waals surface area contributed by atoms with Gasteiger partial charge in [0, 0.05) is 19.1 Å². The standard InChI is InChI=1S/C32H48N4O13/c1-5-19-20(8-7-18-13-36(10-12-38)14-21(28(42)43)24(18)35-32(33)34-9-6-11-37)22(29(44)45-4)16-46-30(19)49-31-27(47-17(2)3)26(41)25(40)23(15-39)48-31/h5,7-8,13,16-17,19-20,23,25-27,30-31,37-41H,1,6,9-12,14-15H2,2-4H3,(H,42,43)(H3,33,34,35)/p+1. The van der Waals surface area contributed by atoms with E-state index in [0.717, 1.165) is 6.26 Å². The van der Waals surface area contributed by atoms with Crippen molar-refractivity contribution in [2.45, 2.75) is 63.4 Å². The van der Waals surface area contributed by atoms with Crippen molar-refractivity contribution >= 4 is 17.9 Å². The number of aliphatic imine (C=N–C) groups is 1. The highest BCUT2D eigenvalue weighted by atomic mass is 16.8. The van der Waals surface area contributed by atoms with Crippen LogP contribution >= 0.6 is 0 Å². The van der Waals surface area contributed by atoms with Gasteiger partial charge in [0.1, 0.15) is 49.3 Å². The van der Waals surface area contributed by atoms with Gasteiger partial charge in [-0.15, -0.1) is 6.58 Å². The highest BCUT2D eigenvalue weighted by Crippen LogP contribution is 2.37. The lowest BCUT2D eigenvalue weighted by Gasteiger charge is -2.44. The normalized spacial score (nSPS) is 30.9. The fourth-order valence-corrected chi connectivity index (χ4v) is 5.60. The lowest BCUT2D eigenvalue weighted by molar-refractivity contribution is -0.843. The van der Waals surface area contributed by atoms with Crippen LogP contribution in [-0.2, 0) is 33.3 Å². The Kier molecular flexibility index (Phi) is 15.4. The van der Waals surface area contributed by atoms with E-state index in [4.69, 9.17) is 34.5 Å². The molecule has 1 fully saturated rings. The highest BCUT2D eigenvalue weighted by Gasteiger charge is 2.49. The average Bonchev–Trinajstić information content (AvgIpc) is 3.07. The first-order valence-corrected chi connectivity index (χ1v) is 15.9. The molecule has 0 aromatic carbocycles. The molecule has 0 spiro atoms. The van der Waals surface area contributed by atoms with Crippen molar-refractivity contribution in [1.82, 2.24) is 5.32 Å². The van der Waals surface area contributed by atoms with Crippen LogP contribution in [0, 0.1) is 11.8 Å². The number of carboxylic acids is 1. The van der Waals surface area contributed by atoms with E-state index in [-0.39, 0.29) is 55.7 Å². The maximum Gasteiger partial charge on any atom is 0.339 e. The number of methoxy groups -OCH3 is 1. The molecular formula is C32H49N4O13+. The summed E-state index contributed by atoms with van der Waals surface area (Å²) in [6.07, 6.45) is -0.388. The minimum Gasteiger partial charge on any atom is -0.478 e. The molecule has 9 atom stereocenters. The molecule has 3 heterocycles. The second kappa shape index (κ2) is 18.9. The summed E-state index contributed by atoms with van der Waals surface area (Å²) in [5, 5.41) is 62.7. The lowest BCUT2D eigenvalue weighted by Crippen LogP contribution is -3.09. The number of aliphatic carboxylic acids is 1. The van der Waals surface area contributed by atoms with E-state index in [1.807, 2.05) is 0 Å². The first kappa shape index (κ1) is 39.8. The Morgan fingerprint density at radius 1 is 1.20 bits per heavy atom. The predicted molar refractivity (Wildman–Crippen MR) is 172 cm³/mol. The van der Waals surface area contributed by atoms with Crippen molar-refractivity contribution in [3.05, 3.63) is 59.7 Å². The fourth-order valence-electron chi connectivity index (χ4n) is 5.60. The van der Waals surface area contributed by atoms with Gasteiger partial charge in [-0.3, -0.25) is 4.99 Å². The number of hydrogen-bond acceptors (Lipinski definition) is 13. The number of nitrogens with one attached hydrogen (secondary N) is 2. The third-order valence-electron chi connectivity index (χ3n) is 8.01. The van der Waals surface area contributed by atoms with Crippen LogP contribution in [0.1, 0.15) is 20.3 Å². The molecule has 0 amide bonds. The van der Waals surface area contributed by atoms with Gasteiger partial charge in [-0.2, -0.15) is 0 Å². The Bertz CT molecular complexity index is 1310. The maximum atomic E-state index is 12.9. The van der Waals surface area contributed by atoms with Crippen molar-refractivity contribution in [3.8, 4) is 0 Å². The summed E-state index contributed by atoms with van der Waals surface area (Å²) in [4.78, 5) is 30.1. The van der Waals surface area contributed by atoms with Crippen LogP contribution in [0.3, 0.4) is 0 Å². The van der Waals surface area contributed by atoms with Gasteiger partial charge in [-0.25, -0.2) is 9.59 Å². The Morgan fingerprint density at radius 2 is 1.94 bits per heavy atom. The molecule has 49 heavy (non-hydrogen) atoms. The number of aliphatic hydroxyl groups excluding tert-OH is 5. The van der Waals surface area contributed by atoms with Gasteiger partial charge in [0.05, 0.1) is 55.5 Å². The van der Waals surface area contributed by atoms with Crippen LogP contribution in [0.4, 0.5) is 0 Å². The number of hydrogen-bond donors (Lipinski definition) is 9. The summed E-state index contributed by atoms with van der Waals surface area (Å²) in [6, 6.07) is 0. The highest BCUT2D eigenvalue weighted by molar-refractivity contribution is 5.92. The van der Waals surface area contributed by atoms with Gasteiger partial charge in [0.15, 0.2) is 12.2 Å². The monoisotopic (exact) mass is 697 g/mol. The van der Waals surface area contributed by atoms with Gasteiger partial charge >= 0.3 is 11.9 Å². The maximum absolute atomic E-state index is 12.9. The number of allylic oxidation sites excluding steroid dienone is 2. The molecule has 0 aromatic heterocycles.